The Hall–Kier alpha value is -1.40. The molecule has 0 heterocycles. The van der Waals surface area contributed by atoms with Crippen molar-refractivity contribution in [3.63, 3.8) is 0 Å². The minimum absolute atomic E-state index is 0.163. The molecular formula is C12H17F3O4. The number of esters is 1. The Morgan fingerprint density at radius 3 is 1.89 bits per heavy atom. The highest BCUT2D eigenvalue weighted by atomic mass is 19.4. The van der Waals surface area contributed by atoms with Gasteiger partial charge in [0.2, 0.25) is 0 Å². The fraction of sp³-hybridized carbons (Fsp3) is 0.750. The number of hydrogen-bond donors (Lipinski definition) is 0. The molecule has 1 unspecified atom stereocenters. The van der Waals surface area contributed by atoms with E-state index in [1.807, 2.05) is 0 Å². The monoisotopic (exact) mass is 282 g/mol. The standard InChI is InChI=1S/C12H17F3O4/c1-5-19-10(18)7(9(17)12(13,14)15)6-8(16)11(2,3)4/h7H,5-6H2,1-4H3. The molecule has 0 aromatic heterocycles. The number of Topliss-reactive ketones (excluding diaryl/α,β-unsaturated/α-hetero) is 2. The van der Waals surface area contributed by atoms with Gasteiger partial charge in [0.1, 0.15) is 11.7 Å². The molecule has 0 aliphatic rings. The summed E-state index contributed by atoms with van der Waals surface area (Å²) in [6.45, 7) is 5.73. The molecule has 0 aromatic rings. The van der Waals surface area contributed by atoms with Crippen LogP contribution in [0.1, 0.15) is 34.1 Å². The zero-order valence-electron chi connectivity index (χ0n) is 11.3. The maximum atomic E-state index is 12.4. The summed E-state index contributed by atoms with van der Waals surface area (Å²) in [6.07, 6.45) is -5.98. The molecule has 1 atom stereocenters. The summed E-state index contributed by atoms with van der Waals surface area (Å²) in [4.78, 5) is 34.3. The molecule has 0 radical (unpaired) electrons. The van der Waals surface area contributed by atoms with E-state index in [9.17, 15) is 27.6 Å². The zero-order valence-corrected chi connectivity index (χ0v) is 11.3. The largest absolute Gasteiger partial charge is 0.465 e. The van der Waals surface area contributed by atoms with E-state index in [2.05, 4.69) is 4.74 Å². The van der Waals surface area contributed by atoms with Crippen molar-refractivity contribution in [1.82, 2.24) is 0 Å². The number of ketones is 2. The van der Waals surface area contributed by atoms with Crippen molar-refractivity contribution in [2.45, 2.75) is 40.3 Å². The van der Waals surface area contributed by atoms with Gasteiger partial charge < -0.3 is 4.74 Å². The average molecular weight is 282 g/mol. The van der Waals surface area contributed by atoms with Crippen molar-refractivity contribution < 1.29 is 32.3 Å². The molecule has 0 N–H and O–H groups in total. The summed E-state index contributed by atoms with van der Waals surface area (Å²) in [5, 5.41) is 0. The lowest BCUT2D eigenvalue weighted by Gasteiger charge is -2.21. The second-order valence-electron chi connectivity index (χ2n) is 5.04. The molecule has 0 aliphatic heterocycles. The second kappa shape index (κ2) is 6.16. The quantitative estimate of drug-likeness (QED) is 0.573. The highest BCUT2D eigenvalue weighted by Crippen LogP contribution is 2.27. The summed E-state index contributed by atoms with van der Waals surface area (Å²) in [7, 11) is 0. The lowest BCUT2D eigenvalue weighted by Crippen LogP contribution is -2.39. The fourth-order valence-electron chi connectivity index (χ4n) is 1.22. The molecule has 0 bridgehead atoms. The van der Waals surface area contributed by atoms with Crippen LogP contribution in [-0.2, 0) is 19.1 Å². The molecule has 0 rings (SSSR count). The number of halogens is 3. The summed E-state index contributed by atoms with van der Waals surface area (Å²) >= 11 is 0. The summed E-state index contributed by atoms with van der Waals surface area (Å²) < 4.78 is 41.6. The normalized spacial score (nSPS) is 13.8. The molecule has 110 valence electrons. The lowest BCUT2D eigenvalue weighted by molar-refractivity contribution is -0.181. The molecule has 0 fully saturated rings. The minimum Gasteiger partial charge on any atom is -0.465 e. The first-order valence-corrected chi connectivity index (χ1v) is 5.72. The molecule has 0 saturated heterocycles. The SMILES string of the molecule is CCOC(=O)C(CC(=O)C(C)(C)C)C(=O)C(F)(F)F. The molecule has 0 spiro atoms. The van der Waals surface area contributed by atoms with Gasteiger partial charge in [-0.1, -0.05) is 20.8 Å². The van der Waals surface area contributed by atoms with E-state index in [1.54, 1.807) is 0 Å². The number of rotatable bonds is 5. The van der Waals surface area contributed by atoms with Gasteiger partial charge in [-0.2, -0.15) is 13.2 Å². The highest BCUT2D eigenvalue weighted by Gasteiger charge is 2.48. The van der Waals surface area contributed by atoms with Crippen LogP contribution in [0, 0.1) is 11.3 Å². The van der Waals surface area contributed by atoms with E-state index >= 15 is 0 Å². The van der Waals surface area contributed by atoms with E-state index in [4.69, 9.17) is 0 Å². The minimum atomic E-state index is -5.17. The van der Waals surface area contributed by atoms with Crippen LogP contribution >= 0.6 is 0 Å². The van der Waals surface area contributed by atoms with Crippen molar-refractivity contribution in [3.05, 3.63) is 0 Å². The molecule has 0 amide bonds. The van der Waals surface area contributed by atoms with Gasteiger partial charge in [0.05, 0.1) is 6.61 Å². The van der Waals surface area contributed by atoms with E-state index in [1.165, 1.54) is 27.7 Å². The molecular weight excluding hydrogens is 265 g/mol. The molecule has 0 saturated carbocycles. The van der Waals surface area contributed by atoms with E-state index in [-0.39, 0.29) is 6.61 Å². The third-order valence-corrected chi connectivity index (χ3v) is 2.39. The van der Waals surface area contributed by atoms with Crippen molar-refractivity contribution >= 4 is 17.5 Å². The van der Waals surface area contributed by atoms with E-state index in [0.29, 0.717) is 0 Å². The summed E-state index contributed by atoms with van der Waals surface area (Å²) in [5.74, 6) is -6.29. The van der Waals surface area contributed by atoms with Gasteiger partial charge in [-0.3, -0.25) is 14.4 Å². The smallest absolute Gasteiger partial charge is 0.450 e. The van der Waals surface area contributed by atoms with Gasteiger partial charge in [-0.05, 0) is 6.92 Å². The van der Waals surface area contributed by atoms with Crippen LogP contribution < -0.4 is 0 Å². The van der Waals surface area contributed by atoms with E-state index in [0.717, 1.165) is 0 Å². The third kappa shape index (κ3) is 5.40. The first-order chi connectivity index (χ1) is 8.41. The van der Waals surface area contributed by atoms with Gasteiger partial charge in [0.15, 0.2) is 0 Å². The van der Waals surface area contributed by atoms with Crippen LogP contribution in [-0.4, -0.2) is 30.3 Å². The van der Waals surface area contributed by atoms with Crippen LogP contribution in [0.5, 0.6) is 0 Å². The molecule has 4 nitrogen and oxygen atoms in total. The van der Waals surface area contributed by atoms with Crippen LogP contribution in [0.4, 0.5) is 13.2 Å². The van der Waals surface area contributed by atoms with E-state index < -0.39 is 41.5 Å². The maximum absolute atomic E-state index is 12.4. The number of alkyl halides is 3. The third-order valence-electron chi connectivity index (χ3n) is 2.39. The number of hydrogen-bond acceptors (Lipinski definition) is 4. The van der Waals surface area contributed by atoms with Gasteiger partial charge in [-0.25, -0.2) is 0 Å². The fourth-order valence-corrected chi connectivity index (χ4v) is 1.22. The Kier molecular flexibility index (Phi) is 5.71. The van der Waals surface area contributed by atoms with Gasteiger partial charge >= 0.3 is 12.1 Å². The Balaban J connectivity index is 5.15. The maximum Gasteiger partial charge on any atom is 0.450 e. The highest BCUT2D eigenvalue weighted by molar-refractivity contribution is 6.05. The van der Waals surface area contributed by atoms with Crippen molar-refractivity contribution in [3.8, 4) is 0 Å². The van der Waals surface area contributed by atoms with Crippen molar-refractivity contribution in [1.29, 1.82) is 0 Å². The number of ether oxygens (including phenoxy) is 1. The Morgan fingerprint density at radius 1 is 1.11 bits per heavy atom. The molecule has 0 aromatic carbocycles. The Labute approximate surface area is 109 Å². The van der Waals surface area contributed by atoms with Crippen LogP contribution in [0.3, 0.4) is 0 Å². The number of carbonyl (C=O) groups is 3. The molecule has 19 heavy (non-hydrogen) atoms. The topological polar surface area (TPSA) is 60.4 Å². The summed E-state index contributed by atoms with van der Waals surface area (Å²) in [6, 6.07) is 0. The van der Waals surface area contributed by atoms with Gasteiger partial charge in [0.25, 0.3) is 5.78 Å². The van der Waals surface area contributed by atoms with Crippen LogP contribution in [0.15, 0.2) is 0 Å². The predicted molar refractivity (Wildman–Crippen MR) is 60.3 cm³/mol. The molecule has 7 heteroatoms. The Bertz CT molecular complexity index is 366. The molecule has 0 aliphatic carbocycles. The first kappa shape index (κ1) is 17.6. The van der Waals surface area contributed by atoms with Gasteiger partial charge in [-0.15, -0.1) is 0 Å². The van der Waals surface area contributed by atoms with Crippen LogP contribution in [0.25, 0.3) is 0 Å². The van der Waals surface area contributed by atoms with Gasteiger partial charge in [0, 0.05) is 11.8 Å². The lowest BCUT2D eigenvalue weighted by atomic mass is 9.84. The number of carbonyl (C=O) groups excluding carboxylic acids is 3. The second-order valence-corrected chi connectivity index (χ2v) is 5.04. The average Bonchev–Trinajstić information content (AvgIpc) is 2.22. The first-order valence-electron chi connectivity index (χ1n) is 5.72. The summed E-state index contributed by atoms with van der Waals surface area (Å²) in [5.41, 5.74) is -0.934. The zero-order chi connectivity index (χ0) is 15.4. The van der Waals surface area contributed by atoms with Crippen molar-refractivity contribution in [2.24, 2.45) is 11.3 Å². The van der Waals surface area contributed by atoms with Crippen molar-refractivity contribution in [2.75, 3.05) is 6.61 Å². The van der Waals surface area contributed by atoms with Crippen LogP contribution in [0.2, 0.25) is 0 Å². The predicted octanol–water partition coefficient (Wildman–Crippen LogP) is 2.30. The Morgan fingerprint density at radius 2 is 1.58 bits per heavy atom.